The van der Waals surface area contributed by atoms with Gasteiger partial charge in [0.15, 0.2) is 5.96 Å². The first-order valence-electron chi connectivity index (χ1n) is 10.1. The van der Waals surface area contributed by atoms with E-state index >= 15 is 0 Å². The lowest BCUT2D eigenvalue weighted by molar-refractivity contribution is -0.132. The van der Waals surface area contributed by atoms with Gasteiger partial charge in [0.2, 0.25) is 5.91 Å². The highest BCUT2D eigenvalue weighted by Gasteiger charge is 2.19. The third-order valence-electron chi connectivity index (χ3n) is 5.24. The Kier molecular flexibility index (Phi) is 7.53. The van der Waals surface area contributed by atoms with Crippen LogP contribution in [0, 0.1) is 0 Å². The Morgan fingerprint density at radius 1 is 1.17 bits per heavy atom. The van der Waals surface area contributed by atoms with Gasteiger partial charge in [-0.25, -0.2) is 0 Å². The van der Waals surface area contributed by atoms with Crippen LogP contribution in [0.3, 0.4) is 0 Å². The van der Waals surface area contributed by atoms with E-state index in [-0.39, 0.29) is 5.91 Å². The van der Waals surface area contributed by atoms with Gasteiger partial charge in [0.1, 0.15) is 0 Å². The Labute approximate surface area is 178 Å². The fraction of sp³-hybridized carbons (Fsp3) is 0.391. The van der Waals surface area contributed by atoms with Gasteiger partial charge in [0.05, 0.1) is 0 Å². The number of carbonyl (C=O) groups is 1. The fourth-order valence-electron chi connectivity index (χ4n) is 3.63. The molecule has 29 heavy (non-hydrogen) atoms. The first-order chi connectivity index (χ1) is 14.1. The summed E-state index contributed by atoms with van der Waals surface area (Å²) in [6.07, 6.45) is 2.28. The van der Waals surface area contributed by atoms with E-state index in [1.807, 2.05) is 42.3 Å². The molecule has 0 saturated heterocycles. The lowest BCUT2D eigenvalue weighted by Crippen LogP contribution is -2.39. The van der Waals surface area contributed by atoms with Gasteiger partial charge in [0.25, 0.3) is 0 Å². The maximum Gasteiger partial charge on any atom is 0.222 e. The average Bonchev–Trinajstić information content (AvgIpc) is 2.74. The molecule has 1 aliphatic heterocycles. The van der Waals surface area contributed by atoms with Gasteiger partial charge in [-0.1, -0.05) is 48.0 Å². The quantitative estimate of drug-likeness (QED) is 0.447. The number of rotatable bonds is 6. The van der Waals surface area contributed by atoms with Crippen molar-refractivity contribution in [1.82, 2.24) is 15.1 Å². The van der Waals surface area contributed by atoms with Crippen LogP contribution in [0.25, 0.3) is 0 Å². The van der Waals surface area contributed by atoms with Crippen molar-refractivity contribution in [3.8, 4) is 0 Å². The normalized spacial score (nSPS) is 13.8. The second kappa shape index (κ2) is 10.3. The molecule has 0 unspecified atom stereocenters. The zero-order valence-corrected chi connectivity index (χ0v) is 18.0. The average molecular weight is 413 g/mol. The molecule has 6 heteroatoms. The third-order valence-corrected chi connectivity index (χ3v) is 5.49. The Balaban J connectivity index is 1.40. The maximum atomic E-state index is 12.6. The first kappa shape index (κ1) is 21.2. The number of benzene rings is 2. The maximum absolute atomic E-state index is 12.6. The molecule has 1 aliphatic rings. The lowest BCUT2D eigenvalue weighted by Gasteiger charge is -2.29. The highest BCUT2D eigenvalue weighted by molar-refractivity contribution is 6.30. The second-order valence-corrected chi connectivity index (χ2v) is 7.83. The number of hydrogen-bond donors (Lipinski definition) is 1. The lowest BCUT2D eigenvalue weighted by atomic mass is 9.99. The molecule has 0 spiro atoms. The van der Waals surface area contributed by atoms with E-state index < -0.39 is 0 Å². The van der Waals surface area contributed by atoms with Crippen molar-refractivity contribution in [2.24, 2.45) is 4.99 Å². The predicted molar refractivity (Wildman–Crippen MR) is 119 cm³/mol. The van der Waals surface area contributed by atoms with Crippen LogP contribution in [-0.4, -0.2) is 48.9 Å². The molecule has 2 aromatic rings. The van der Waals surface area contributed by atoms with Gasteiger partial charge in [0, 0.05) is 51.7 Å². The molecule has 0 atom stereocenters. The first-order valence-corrected chi connectivity index (χ1v) is 10.5. The zero-order valence-electron chi connectivity index (χ0n) is 17.2. The summed E-state index contributed by atoms with van der Waals surface area (Å²) in [4.78, 5) is 21.0. The van der Waals surface area contributed by atoms with Gasteiger partial charge < -0.3 is 15.1 Å². The molecule has 0 bridgehead atoms. The van der Waals surface area contributed by atoms with E-state index in [4.69, 9.17) is 11.6 Å². The third kappa shape index (κ3) is 5.97. The van der Waals surface area contributed by atoms with Crippen LogP contribution < -0.4 is 5.32 Å². The van der Waals surface area contributed by atoms with Crippen LogP contribution in [0.5, 0.6) is 0 Å². The molecule has 5 nitrogen and oxygen atoms in total. The molecule has 0 aromatic heterocycles. The highest BCUT2D eigenvalue weighted by Crippen LogP contribution is 2.19. The number of nitrogens with zero attached hydrogens (tertiary/aromatic N) is 3. The molecule has 0 radical (unpaired) electrons. The Hall–Kier alpha value is -2.53. The summed E-state index contributed by atoms with van der Waals surface area (Å²) in [5.74, 6) is 1.05. The molecule has 154 valence electrons. The van der Waals surface area contributed by atoms with Crippen molar-refractivity contribution in [2.45, 2.75) is 32.4 Å². The molecule has 0 aliphatic carbocycles. The minimum atomic E-state index is 0.228. The molecule has 0 saturated carbocycles. The van der Waals surface area contributed by atoms with Gasteiger partial charge in [-0.15, -0.1) is 0 Å². The fourth-order valence-corrected chi connectivity index (χ4v) is 3.76. The molecule has 0 fully saturated rings. The summed E-state index contributed by atoms with van der Waals surface area (Å²) in [6, 6.07) is 16.2. The molecular weight excluding hydrogens is 384 g/mol. The largest absolute Gasteiger partial charge is 0.356 e. The molecule has 1 N–H and O–H groups in total. The highest BCUT2D eigenvalue weighted by atomic mass is 35.5. The van der Waals surface area contributed by atoms with E-state index in [9.17, 15) is 4.79 Å². The predicted octanol–water partition coefficient (Wildman–Crippen LogP) is 3.71. The number of amides is 1. The molecule has 1 amide bonds. The summed E-state index contributed by atoms with van der Waals surface area (Å²) in [5.41, 5.74) is 3.81. The van der Waals surface area contributed by atoms with E-state index in [1.54, 1.807) is 7.05 Å². The molecule has 3 rings (SSSR count). The van der Waals surface area contributed by atoms with Crippen molar-refractivity contribution >= 4 is 23.5 Å². The van der Waals surface area contributed by atoms with Crippen LogP contribution in [-0.2, 0) is 24.3 Å². The van der Waals surface area contributed by atoms with Crippen LogP contribution in [0.2, 0.25) is 5.02 Å². The number of halogens is 1. The van der Waals surface area contributed by atoms with Gasteiger partial charge >= 0.3 is 0 Å². The van der Waals surface area contributed by atoms with Crippen molar-refractivity contribution in [3.63, 3.8) is 0 Å². The number of carbonyl (C=O) groups excluding carboxylic acids is 1. The van der Waals surface area contributed by atoms with Crippen LogP contribution in [0.15, 0.2) is 53.5 Å². The van der Waals surface area contributed by atoms with Crippen molar-refractivity contribution < 1.29 is 4.79 Å². The van der Waals surface area contributed by atoms with E-state index in [0.717, 1.165) is 43.5 Å². The second-order valence-electron chi connectivity index (χ2n) is 7.39. The minimum Gasteiger partial charge on any atom is -0.356 e. The van der Waals surface area contributed by atoms with Crippen LogP contribution in [0.4, 0.5) is 0 Å². The summed E-state index contributed by atoms with van der Waals surface area (Å²) in [6.45, 7) is 3.00. The molecule has 2 aromatic carbocycles. The van der Waals surface area contributed by atoms with Crippen LogP contribution in [0.1, 0.15) is 29.5 Å². The topological polar surface area (TPSA) is 47.9 Å². The SMILES string of the molecule is CN=C(NCCCC(=O)N1CCc2ccccc2C1)N(C)Cc1ccc(Cl)cc1. The summed E-state index contributed by atoms with van der Waals surface area (Å²) in [7, 11) is 3.78. The van der Waals surface area contributed by atoms with Crippen molar-refractivity contribution in [1.29, 1.82) is 0 Å². The molecular formula is C23H29ClN4O. The van der Waals surface area contributed by atoms with E-state index in [1.165, 1.54) is 16.7 Å². The minimum absolute atomic E-state index is 0.228. The number of hydrogen-bond acceptors (Lipinski definition) is 2. The van der Waals surface area contributed by atoms with Crippen LogP contribution >= 0.6 is 11.6 Å². The monoisotopic (exact) mass is 412 g/mol. The Morgan fingerprint density at radius 3 is 2.62 bits per heavy atom. The number of aliphatic imine (C=N–C) groups is 1. The van der Waals surface area contributed by atoms with E-state index in [2.05, 4.69) is 33.4 Å². The summed E-state index contributed by atoms with van der Waals surface area (Å²) in [5, 5.41) is 4.09. The zero-order chi connectivity index (χ0) is 20.6. The van der Waals surface area contributed by atoms with Gasteiger partial charge in [-0.2, -0.15) is 0 Å². The molecule has 1 heterocycles. The Bertz CT molecular complexity index is 850. The van der Waals surface area contributed by atoms with Gasteiger partial charge in [-0.3, -0.25) is 9.79 Å². The summed E-state index contributed by atoms with van der Waals surface area (Å²) < 4.78 is 0. The van der Waals surface area contributed by atoms with Crippen molar-refractivity contribution in [3.05, 3.63) is 70.2 Å². The smallest absolute Gasteiger partial charge is 0.222 e. The summed E-state index contributed by atoms with van der Waals surface area (Å²) >= 11 is 5.95. The standard InChI is InChI=1S/C23H29ClN4O/c1-25-23(27(2)16-18-9-11-21(24)12-10-18)26-14-5-8-22(29)28-15-13-19-6-3-4-7-20(19)17-28/h3-4,6-7,9-12H,5,8,13-17H2,1-2H3,(H,25,26). The Morgan fingerprint density at radius 2 is 1.90 bits per heavy atom. The van der Waals surface area contributed by atoms with Gasteiger partial charge in [-0.05, 0) is 41.7 Å². The number of nitrogens with one attached hydrogen (secondary N) is 1. The number of fused-ring (bicyclic) bond motifs is 1. The van der Waals surface area contributed by atoms with Crippen molar-refractivity contribution in [2.75, 3.05) is 27.2 Å². The van der Waals surface area contributed by atoms with E-state index in [0.29, 0.717) is 13.0 Å². The number of guanidine groups is 1.